The van der Waals surface area contributed by atoms with Gasteiger partial charge in [0.2, 0.25) is 5.91 Å². The van der Waals surface area contributed by atoms with E-state index in [1.165, 1.54) is 69.8 Å². The summed E-state index contributed by atoms with van der Waals surface area (Å²) in [5, 5.41) is 54.1. The molecule has 0 radical (unpaired) electrons. The number of amides is 1. The van der Waals surface area contributed by atoms with E-state index in [4.69, 9.17) is 9.47 Å². The Morgan fingerprint density at radius 2 is 1.37 bits per heavy atom. The van der Waals surface area contributed by atoms with Crippen LogP contribution in [-0.2, 0) is 27.1 Å². The third-order valence-corrected chi connectivity index (χ3v) is 9.01. The molecule has 2 rings (SSSR count). The Morgan fingerprint density at radius 1 is 0.826 bits per heavy atom. The van der Waals surface area contributed by atoms with Gasteiger partial charge in [-0.2, -0.15) is 0 Å². The van der Waals surface area contributed by atoms with E-state index in [1.54, 1.807) is 0 Å². The minimum absolute atomic E-state index is 0.169. The Kier molecular flexibility index (Phi) is 20.9. The molecule has 266 valence electrons. The summed E-state index contributed by atoms with van der Waals surface area (Å²) in [4.78, 5) is 13.0. The first-order chi connectivity index (χ1) is 22.2. The molecule has 1 fully saturated rings. The van der Waals surface area contributed by atoms with Crippen molar-refractivity contribution in [2.45, 2.75) is 173 Å². The molecule has 9 heteroatoms. The summed E-state index contributed by atoms with van der Waals surface area (Å²) >= 11 is 0. The normalized spacial score (nSPS) is 23.0. The third kappa shape index (κ3) is 16.0. The molecule has 1 aliphatic heterocycles. The van der Waals surface area contributed by atoms with Gasteiger partial charge in [-0.25, -0.2) is 0 Å². The number of rotatable bonds is 25. The lowest BCUT2D eigenvalue weighted by Gasteiger charge is -2.40. The minimum Gasteiger partial charge on any atom is -0.394 e. The van der Waals surface area contributed by atoms with Gasteiger partial charge in [-0.3, -0.25) is 4.79 Å². The minimum atomic E-state index is -1.56. The number of hydrogen-bond acceptors (Lipinski definition) is 8. The van der Waals surface area contributed by atoms with Gasteiger partial charge in [-0.05, 0) is 36.3 Å². The molecule has 1 amide bonds. The van der Waals surface area contributed by atoms with Gasteiger partial charge in [-0.1, -0.05) is 129 Å². The Hall–Kier alpha value is -1.59. The zero-order valence-corrected chi connectivity index (χ0v) is 28.8. The first-order valence-corrected chi connectivity index (χ1v) is 18.1. The van der Waals surface area contributed by atoms with Gasteiger partial charge in [0.15, 0.2) is 6.29 Å². The number of carbonyl (C=O) groups is 1. The van der Waals surface area contributed by atoms with Crippen LogP contribution in [0.25, 0.3) is 0 Å². The SMILES string of the molecule is CCCCCCCCCCCCCCC[C@@H](O)[C@H](CO[C@H]1OC(CO)[C@H](O)C(O)C1O)NC(=O)CCc1ccc(CC(C)C)cc1. The topological polar surface area (TPSA) is 149 Å². The van der Waals surface area contributed by atoms with Gasteiger partial charge in [0, 0.05) is 6.42 Å². The van der Waals surface area contributed by atoms with E-state index in [9.17, 15) is 30.3 Å². The van der Waals surface area contributed by atoms with Gasteiger partial charge in [0.1, 0.15) is 24.4 Å². The van der Waals surface area contributed by atoms with Crippen molar-refractivity contribution in [3.05, 3.63) is 35.4 Å². The fourth-order valence-corrected chi connectivity index (χ4v) is 6.08. The van der Waals surface area contributed by atoms with E-state index in [2.05, 4.69) is 38.2 Å². The fourth-order valence-electron chi connectivity index (χ4n) is 6.08. The van der Waals surface area contributed by atoms with Gasteiger partial charge >= 0.3 is 0 Å². The predicted octanol–water partition coefficient (Wildman–Crippen LogP) is 4.96. The average Bonchev–Trinajstić information content (AvgIpc) is 3.04. The molecule has 3 unspecified atom stereocenters. The smallest absolute Gasteiger partial charge is 0.220 e. The van der Waals surface area contributed by atoms with E-state index in [1.807, 2.05) is 12.1 Å². The van der Waals surface area contributed by atoms with Crippen LogP contribution in [0.4, 0.5) is 0 Å². The number of benzene rings is 1. The zero-order valence-electron chi connectivity index (χ0n) is 28.8. The summed E-state index contributed by atoms with van der Waals surface area (Å²) in [5.41, 5.74) is 2.33. The standard InChI is InChI=1S/C37H65NO8/c1-4-5-6-7-8-9-10-11-12-13-14-15-16-17-31(40)30(26-45-37-36(44)35(43)34(42)32(25-39)46-37)38-33(41)23-22-28-18-20-29(21-19-28)24-27(2)3/h18-21,27,30-32,34-37,39-40,42-44H,4-17,22-26H2,1-3H3,(H,38,41)/t30-,31+,32?,34-,35?,36?,37-/m0/s1. The molecular formula is C37H65NO8. The molecule has 46 heavy (non-hydrogen) atoms. The molecule has 6 N–H and O–H groups in total. The van der Waals surface area contributed by atoms with Crippen molar-refractivity contribution in [3.63, 3.8) is 0 Å². The lowest BCUT2D eigenvalue weighted by molar-refractivity contribution is -0.302. The molecule has 1 saturated heterocycles. The highest BCUT2D eigenvalue weighted by molar-refractivity contribution is 5.76. The van der Waals surface area contributed by atoms with Crippen LogP contribution in [0.15, 0.2) is 24.3 Å². The largest absolute Gasteiger partial charge is 0.394 e. The van der Waals surface area contributed by atoms with E-state index < -0.39 is 49.5 Å². The summed E-state index contributed by atoms with van der Waals surface area (Å²) in [6.45, 7) is 5.88. The quantitative estimate of drug-likeness (QED) is 0.0813. The van der Waals surface area contributed by atoms with Crippen LogP contribution in [0.5, 0.6) is 0 Å². The molecule has 9 nitrogen and oxygen atoms in total. The molecular weight excluding hydrogens is 586 g/mol. The van der Waals surface area contributed by atoms with Crippen LogP contribution >= 0.6 is 0 Å². The summed E-state index contributed by atoms with van der Waals surface area (Å²) in [6, 6.07) is 7.54. The molecule has 0 aromatic heterocycles. The Balaban J connectivity index is 1.82. The van der Waals surface area contributed by atoms with Crippen LogP contribution in [0.3, 0.4) is 0 Å². The maximum atomic E-state index is 13.0. The highest BCUT2D eigenvalue weighted by Gasteiger charge is 2.44. The maximum Gasteiger partial charge on any atom is 0.220 e. The van der Waals surface area contributed by atoms with Crippen molar-refractivity contribution < 1.29 is 39.8 Å². The molecule has 1 heterocycles. The Bertz CT molecular complexity index is 911. The summed E-state index contributed by atoms with van der Waals surface area (Å²) in [7, 11) is 0. The van der Waals surface area contributed by atoms with Gasteiger partial charge in [-0.15, -0.1) is 0 Å². The molecule has 1 aromatic carbocycles. The van der Waals surface area contributed by atoms with Crippen LogP contribution in [0.2, 0.25) is 0 Å². The molecule has 0 bridgehead atoms. The van der Waals surface area contributed by atoms with Gasteiger partial charge in [0.25, 0.3) is 0 Å². The molecule has 0 spiro atoms. The summed E-state index contributed by atoms with van der Waals surface area (Å²) in [5.74, 6) is 0.350. The first-order valence-electron chi connectivity index (χ1n) is 18.1. The van der Waals surface area contributed by atoms with Gasteiger partial charge < -0.3 is 40.3 Å². The number of hydrogen-bond donors (Lipinski definition) is 6. The van der Waals surface area contributed by atoms with Crippen LogP contribution in [0, 0.1) is 5.92 Å². The van der Waals surface area contributed by atoms with E-state index in [0.29, 0.717) is 18.8 Å². The highest BCUT2D eigenvalue weighted by atomic mass is 16.7. The average molecular weight is 652 g/mol. The first kappa shape index (κ1) is 40.6. The fraction of sp³-hybridized carbons (Fsp3) is 0.811. The predicted molar refractivity (Wildman–Crippen MR) is 181 cm³/mol. The number of carbonyl (C=O) groups excluding carboxylic acids is 1. The number of aliphatic hydroxyl groups is 5. The monoisotopic (exact) mass is 651 g/mol. The second kappa shape index (κ2) is 23.7. The summed E-state index contributed by atoms with van der Waals surface area (Å²) in [6.07, 6.45) is 10.4. The zero-order chi connectivity index (χ0) is 33.7. The van der Waals surface area contributed by atoms with Gasteiger partial charge in [0.05, 0.1) is 25.4 Å². The number of ether oxygens (including phenoxy) is 2. The molecule has 7 atom stereocenters. The van der Waals surface area contributed by atoms with Crippen LogP contribution < -0.4 is 5.32 Å². The highest BCUT2D eigenvalue weighted by Crippen LogP contribution is 2.23. The van der Waals surface area contributed by atoms with Crippen molar-refractivity contribution in [2.75, 3.05) is 13.2 Å². The van der Waals surface area contributed by atoms with Crippen molar-refractivity contribution in [2.24, 2.45) is 5.92 Å². The third-order valence-electron chi connectivity index (χ3n) is 9.01. The van der Waals surface area contributed by atoms with E-state index >= 15 is 0 Å². The Morgan fingerprint density at radius 3 is 1.91 bits per heavy atom. The number of aryl methyl sites for hydroxylation is 1. The van der Waals surface area contributed by atoms with Crippen LogP contribution in [-0.4, -0.2) is 87.5 Å². The second-order valence-corrected chi connectivity index (χ2v) is 13.7. The molecule has 1 aromatic rings. The van der Waals surface area contributed by atoms with E-state index in [0.717, 1.165) is 31.2 Å². The van der Waals surface area contributed by atoms with Crippen molar-refractivity contribution in [1.29, 1.82) is 0 Å². The molecule has 1 aliphatic rings. The number of aliphatic hydroxyl groups excluding tert-OH is 5. The number of nitrogens with one attached hydrogen (secondary N) is 1. The lowest BCUT2D eigenvalue weighted by atomic mass is 9.99. The van der Waals surface area contributed by atoms with Crippen LogP contribution in [0.1, 0.15) is 128 Å². The van der Waals surface area contributed by atoms with E-state index in [-0.39, 0.29) is 18.9 Å². The van der Waals surface area contributed by atoms with Crippen molar-refractivity contribution in [3.8, 4) is 0 Å². The van der Waals surface area contributed by atoms with Crippen molar-refractivity contribution in [1.82, 2.24) is 5.32 Å². The lowest BCUT2D eigenvalue weighted by Crippen LogP contribution is -2.60. The summed E-state index contributed by atoms with van der Waals surface area (Å²) < 4.78 is 11.2. The second-order valence-electron chi connectivity index (χ2n) is 13.7. The Labute approximate surface area is 278 Å². The molecule has 0 saturated carbocycles. The maximum absolute atomic E-state index is 13.0. The van der Waals surface area contributed by atoms with Crippen molar-refractivity contribution >= 4 is 5.91 Å². The number of unbranched alkanes of at least 4 members (excludes halogenated alkanes) is 12. The molecule has 0 aliphatic carbocycles.